The molecule has 2 unspecified atom stereocenters. The van der Waals surface area contributed by atoms with Crippen LogP contribution in [0.4, 0.5) is 0 Å². The molecule has 0 aromatic carbocycles. The van der Waals surface area contributed by atoms with Gasteiger partial charge in [0.25, 0.3) is 0 Å². The van der Waals surface area contributed by atoms with Crippen molar-refractivity contribution in [3.63, 3.8) is 0 Å². The van der Waals surface area contributed by atoms with E-state index in [9.17, 15) is 0 Å². The number of rotatable bonds is 14. The van der Waals surface area contributed by atoms with E-state index in [2.05, 4.69) is 32.6 Å². The Bertz CT molecular complexity index is 194. The second-order valence-electron chi connectivity index (χ2n) is 6.40. The summed E-state index contributed by atoms with van der Waals surface area (Å²) >= 11 is 0. The van der Waals surface area contributed by atoms with Crippen molar-refractivity contribution in [2.24, 2.45) is 11.7 Å². The Kier molecular flexibility index (Phi) is 13.8. The van der Waals surface area contributed by atoms with E-state index in [-0.39, 0.29) is 0 Å². The molecule has 0 heterocycles. The maximum Gasteiger partial charge on any atom is 0.0218 e. The molecule has 2 N–H and O–H groups in total. The van der Waals surface area contributed by atoms with Crippen molar-refractivity contribution >= 4 is 0 Å². The fraction of sp³-hybridized carbons (Fsp3) is 1.00. The summed E-state index contributed by atoms with van der Waals surface area (Å²) < 4.78 is 0. The standard InChI is InChI=1S/C18H40N2/c1-5-8-9-10-11-12-13-14-18(15-19)20(7-3)16-17(4)6-2/h17-18H,5-16,19H2,1-4H3. The summed E-state index contributed by atoms with van der Waals surface area (Å²) in [7, 11) is 0. The van der Waals surface area contributed by atoms with E-state index in [0.29, 0.717) is 6.04 Å². The Morgan fingerprint density at radius 3 is 2.00 bits per heavy atom. The molecule has 2 nitrogen and oxygen atoms in total. The average Bonchev–Trinajstić information content (AvgIpc) is 2.48. The third-order valence-corrected chi connectivity index (χ3v) is 4.58. The van der Waals surface area contributed by atoms with Crippen LogP contribution in [0, 0.1) is 5.92 Å². The van der Waals surface area contributed by atoms with Gasteiger partial charge in [0.1, 0.15) is 0 Å². The lowest BCUT2D eigenvalue weighted by Crippen LogP contribution is -2.42. The fourth-order valence-electron chi connectivity index (χ4n) is 2.85. The average molecular weight is 285 g/mol. The van der Waals surface area contributed by atoms with E-state index in [1.807, 2.05) is 0 Å². The first-order valence-corrected chi connectivity index (χ1v) is 9.13. The van der Waals surface area contributed by atoms with Crippen LogP contribution in [0.5, 0.6) is 0 Å². The minimum absolute atomic E-state index is 0.602. The van der Waals surface area contributed by atoms with E-state index >= 15 is 0 Å². The monoisotopic (exact) mass is 284 g/mol. The molecule has 0 aromatic heterocycles. The van der Waals surface area contributed by atoms with Gasteiger partial charge in [0, 0.05) is 19.1 Å². The normalized spacial score (nSPS) is 14.7. The van der Waals surface area contributed by atoms with Crippen LogP contribution in [0.1, 0.15) is 85.5 Å². The van der Waals surface area contributed by atoms with E-state index in [1.54, 1.807) is 0 Å². The minimum atomic E-state index is 0.602. The molecule has 0 spiro atoms. The Morgan fingerprint density at radius 2 is 1.50 bits per heavy atom. The zero-order chi connectivity index (χ0) is 15.2. The molecule has 0 aliphatic heterocycles. The van der Waals surface area contributed by atoms with Crippen LogP contribution >= 0.6 is 0 Å². The molecule has 20 heavy (non-hydrogen) atoms. The van der Waals surface area contributed by atoms with Gasteiger partial charge in [-0.2, -0.15) is 0 Å². The van der Waals surface area contributed by atoms with Crippen LogP contribution in [0.2, 0.25) is 0 Å². The molecular weight excluding hydrogens is 244 g/mol. The molecule has 2 atom stereocenters. The number of unbranched alkanes of at least 4 members (excludes halogenated alkanes) is 6. The second kappa shape index (κ2) is 13.9. The van der Waals surface area contributed by atoms with Gasteiger partial charge in [-0.1, -0.05) is 79.1 Å². The van der Waals surface area contributed by atoms with Gasteiger partial charge in [-0.15, -0.1) is 0 Å². The van der Waals surface area contributed by atoms with Gasteiger partial charge in [-0.05, 0) is 18.9 Å². The number of hydrogen-bond acceptors (Lipinski definition) is 2. The highest BCUT2D eigenvalue weighted by Gasteiger charge is 2.16. The summed E-state index contributed by atoms with van der Waals surface area (Å²) in [5.41, 5.74) is 6.01. The molecule has 0 saturated heterocycles. The topological polar surface area (TPSA) is 29.3 Å². The van der Waals surface area contributed by atoms with Gasteiger partial charge >= 0.3 is 0 Å². The molecule has 0 radical (unpaired) electrons. The third-order valence-electron chi connectivity index (χ3n) is 4.58. The molecule has 2 heteroatoms. The number of hydrogen-bond donors (Lipinski definition) is 1. The highest BCUT2D eigenvalue weighted by Crippen LogP contribution is 2.14. The summed E-state index contributed by atoms with van der Waals surface area (Å²) in [4.78, 5) is 2.60. The molecule has 0 rings (SSSR count). The predicted molar refractivity (Wildman–Crippen MR) is 92.2 cm³/mol. The van der Waals surface area contributed by atoms with E-state index in [4.69, 9.17) is 5.73 Å². The van der Waals surface area contributed by atoms with Crippen LogP contribution in [0.15, 0.2) is 0 Å². The molecule has 0 fully saturated rings. The Morgan fingerprint density at radius 1 is 0.900 bits per heavy atom. The minimum Gasteiger partial charge on any atom is -0.329 e. The van der Waals surface area contributed by atoms with E-state index < -0.39 is 0 Å². The van der Waals surface area contributed by atoms with Gasteiger partial charge in [-0.25, -0.2) is 0 Å². The van der Waals surface area contributed by atoms with Gasteiger partial charge in [0.2, 0.25) is 0 Å². The third kappa shape index (κ3) is 9.77. The summed E-state index contributed by atoms with van der Waals surface area (Å²) in [6.45, 7) is 12.4. The largest absolute Gasteiger partial charge is 0.329 e. The Labute approximate surface area is 128 Å². The molecular formula is C18H40N2. The zero-order valence-corrected chi connectivity index (χ0v) is 14.7. The zero-order valence-electron chi connectivity index (χ0n) is 14.7. The van der Waals surface area contributed by atoms with Crippen molar-refractivity contribution in [1.82, 2.24) is 4.90 Å². The van der Waals surface area contributed by atoms with Gasteiger partial charge in [-0.3, -0.25) is 4.90 Å². The highest BCUT2D eigenvalue weighted by molar-refractivity contribution is 4.73. The molecule has 0 amide bonds. The Balaban J connectivity index is 3.82. The first-order chi connectivity index (χ1) is 9.69. The number of nitrogens with zero attached hydrogens (tertiary/aromatic N) is 1. The first kappa shape index (κ1) is 19.9. The molecule has 0 bridgehead atoms. The Hall–Kier alpha value is -0.0800. The van der Waals surface area contributed by atoms with Crippen LogP contribution in [-0.2, 0) is 0 Å². The fourth-order valence-corrected chi connectivity index (χ4v) is 2.85. The van der Waals surface area contributed by atoms with Crippen LogP contribution in [0.3, 0.4) is 0 Å². The highest BCUT2D eigenvalue weighted by atomic mass is 15.2. The predicted octanol–water partition coefficient (Wildman–Crippen LogP) is 4.82. The first-order valence-electron chi connectivity index (χ1n) is 9.13. The van der Waals surface area contributed by atoms with Gasteiger partial charge < -0.3 is 5.73 Å². The van der Waals surface area contributed by atoms with Crippen LogP contribution in [-0.4, -0.2) is 30.6 Å². The number of nitrogens with two attached hydrogens (primary N) is 1. The molecule has 0 aliphatic carbocycles. The van der Waals surface area contributed by atoms with E-state index in [1.165, 1.54) is 64.3 Å². The van der Waals surface area contributed by atoms with Gasteiger partial charge in [0.05, 0.1) is 0 Å². The van der Waals surface area contributed by atoms with Crippen molar-refractivity contribution in [1.29, 1.82) is 0 Å². The van der Waals surface area contributed by atoms with Gasteiger partial charge in [0.15, 0.2) is 0 Å². The maximum atomic E-state index is 6.01. The summed E-state index contributed by atoms with van der Waals surface area (Å²) in [5, 5.41) is 0. The van der Waals surface area contributed by atoms with Crippen molar-refractivity contribution in [3.8, 4) is 0 Å². The van der Waals surface area contributed by atoms with Crippen LogP contribution < -0.4 is 5.73 Å². The molecule has 0 saturated carbocycles. The summed E-state index contributed by atoms with van der Waals surface area (Å²) in [6.07, 6.45) is 12.3. The molecule has 0 aliphatic rings. The number of likely N-dealkylation sites (N-methyl/N-ethyl adjacent to an activating group) is 1. The smallest absolute Gasteiger partial charge is 0.0218 e. The SMILES string of the molecule is CCCCCCCCCC(CN)N(CC)CC(C)CC. The maximum absolute atomic E-state index is 6.01. The summed E-state index contributed by atoms with van der Waals surface area (Å²) in [5.74, 6) is 0.790. The van der Waals surface area contributed by atoms with E-state index in [0.717, 1.165) is 19.0 Å². The van der Waals surface area contributed by atoms with Crippen molar-refractivity contribution in [2.45, 2.75) is 91.5 Å². The van der Waals surface area contributed by atoms with Crippen LogP contribution in [0.25, 0.3) is 0 Å². The quantitative estimate of drug-likeness (QED) is 0.463. The summed E-state index contributed by atoms with van der Waals surface area (Å²) in [6, 6.07) is 0.602. The molecule has 0 aromatic rings. The molecule has 122 valence electrons. The lowest BCUT2D eigenvalue weighted by atomic mass is 10.0. The lowest BCUT2D eigenvalue weighted by molar-refractivity contribution is 0.170. The van der Waals surface area contributed by atoms with Crippen molar-refractivity contribution < 1.29 is 0 Å². The second-order valence-corrected chi connectivity index (χ2v) is 6.40. The lowest BCUT2D eigenvalue weighted by Gasteiger charge is -2.32. The van der Waals surface area contributed by atoms with Crippen molar-refractivity contribution in [2.75, 3.05) is 19.6 Å². The van der Waals surface area contributed by atoms with Crippen molar-refractivity contribution in [3.05, 3.63) is 0 Å².